The Hall–Kier alpha value is -1.69. The van der Waals surface area contributed by atoms with Crippen LogP contribution in [0.5, 0.6) is 0 Å². The molecule has 2 heterocycles. The van der Waals surface area contributed by atoms with Crippen LogP contribution in [0, 0.1) is 5.41 Å². The number of aryl methyl sites for hydroxylation is 1. The molecule has 116 valence electrons. The normalized spacial score (nSPS) is 13.6. The van der Waals surface area contributed by atoms with Gasteiger partial charge in [0.15, 0.2) is 5.82 Å². The maximum atomic E-state index is 5.39. The van der Waals surface area contributed by atoms with E-state index in [0.717, 1.165) is 25.2 Å². The number of nitrogens with zero attached hydrogens (tertiary/aromatic N) is 4. The zero-order chi connectivity index (χ0) is 15.5. The number of nitrogens with one attached hydrogen (secondary N) is 1. The third-order valence-corrected chi connectivity index (χ3v) is 3.55. The van der Waals surface area contributed by atoms with Crippen LogP contribution in [0.4, 0.5) is 0 Å². The molecule has 1 N–H and O–H groups in total. The molecule has 0 bridgehead atoms. The summed E-state index contributed by atoms with van der Waals surface area (Å²) < 4.78 is 7.27. The van der Waals surface area contributed by atoms with Crippen LogP contribution in [0.15, 0.2) is 16.9 Å². The minimum Gasteiger partial charge on any atom is -0.339 e. The lowest BCUT2D eigenvalue weighted by Gasteiger charge is -2.30. The molecule has 2 aromatic heterocycles. The van der Waals surface area contributed by atoms with Crippen molar-refractivity contribution in [1.29, 1.82) is 0 Å². The van der Waals surface area contributed by atoms with Gasteiger partial charge >= 0.3 is 0 Å². The number of rotatable bonds is 6. The standard InChI is InChI=1S/C15H25N5O/c1-6-7-16-11(15(2,3)4)10-12-18-13(19-21-12)14-17-8-9-20(14)5/h8-9,11,16H,6-7,10H2,1-5H3. The zero-order valence-electron chi connectivity index (χ0n) is 13.6. The predicted molar refractivity (Wildman–Crippen MR) is 81.7 cm³/mol. The van der Waals surface area contributed by atoms with Gasteiger partial charge in [0, 0.05) is 31.9 Å². The Balaban J connectivity index is 2.11. The highest BCUT2D eigenvalue weighted by molar-refractivity contribution is 5.42. The molecular formula is C15H25N5O. The molecule has 6 heteroatoms. The maximum Gasteiger partial charge on any atom is 0.238 e. The van der Waals surface area contributed by atoms with E-state index in [1.54, 1.807) is 6.20 Å². The SMILES string of the molecule is CCCNC(Cc1nc(-c2nccn2C)no1)C(C)(C)C. The third-order valence-electron chi connectivity index (χ3n) is 3.55. The van der Waals surface area contributed by atoms with E-state index in [1.807, 2.05) is 17.8 Å². The van der Waals surface area contributed by atoms with E-state index in [4.69, 9.17) is 4.52 Å². The van der Waals surface area contributed by atoms with E-state index in [1.165, 1.54) is 0 Å². The lowest BCUT2D eigenvalue weighted by Crippen LogP contribution is -2.42. The van der Waals surface area contributed by atoms with Gasteiger partial charge in [-0.3, -0.25) is 0 Å². The van der Waals surface area contributed by atoms with Gasteiger partial charge in [-0.25, -0.2) is 4.98 Å². The quantitative estimate of drug-likeness (QED) is 0.885. The fourth-order valence-corrected chi connectivity index (χ4v) is 2.19. The molecule has 0 saturated carbocycles. The van der Waals surface area contributed by atoms with Crippen molar-refractivity contribution in [3.8, 4) is 11.6 Å². The van der Waals surface area contributed by atoms with Gasteiger partial charge in [-0.2, -0.15) is 4.98 Å². The molecule has 0 aliphatic rings. The Kier molecular flexibility index (Phi) is 4.77. The molecule has 6 nitrogen and oxygen atoms in total. The van der Waals surface area contributed by atoms with Crippen LogP contribution in [0.3, 0.4) is 0 Å². The van der Waals surface area contributed by atoms with Gasteiger partial charge in [-0.1, -0.05) is 32.9 Å². The molecule has 0 amide bonds. The van der Waals surface area contributed by atoms with Crippen molar-refractivity contribution in [1.82, 2.24) is 25.0 Å². The molecule has 0 radical (unpaired) electrons. The first kappa shape index (κ1) is 15.7. The molecule has 0 aliphatic heterocycles. The number of imidazole rings is 1. The fourth-order valence-electron chi connectivity index (χ4n) is 2.19. The number of aromatic nitrogens is 4. The van der Waals surface area contributed by atoms with Gasteiger partial charge in [-0.05, 0) is 18.4 Å². The smallest absolute Gasteiger partial charge is 0.238 e. The predicted octanol–water partition coefficient (Wildman–Crippen LogP) is 2.43. The van der Waals surface area contributed by atoms with Crippen LogP contribution in [-0.2, 0) is 13.5 Å². The minimum atomic E-state index is 0.132. The molecule has 1 atom stereocenters. The van der Waals surface area contributed by atoms with E-state index in [2.05, 4.69) is 48.1 Å². The average molecular weight is 291 g/mol. The van der Waals surface area contributed by atoms with Gasteiger partial charge in [0.25, 0.3) is 0 Å². The van der Waals surface area contributed by atoms with E-state index >= 15 is 0 Å². The second-order valence-electron chi connectivity index (χ2n) is 6.45. The van der Waals surface area contributed by atoms with Crippen molar-refractivity contribution in [2.75, 3.05) is 6.54 Å². The van der Waals surface area contributed by atoms with E-state index in [9.17, 15) is 0 Å². The van der Waals surface area contributed by atoms with Gasteiger partial charge in [0.2, 0.25) is 11.7 Å². The Morgan fingerprint density at radius 3 is 2.71 bits per heavy atom. The first-order chi connectivity index (χ1) is 9.91. The summed E-state index contributed by atoms with van der Waals surface area (Å²) in [7, 11) is 1.92. The lowest BCUT2D eigenvalue weighted by molar-refractivity contribution is 0.244. The Bertz CT molecular complexity index is 567. The van der Waals surface area contributed by atoms with Gasteiger partial charge in [0.05, 0.1) is 0 Å². The second kappa shape index (κ2) is 6.39. The molecule has 2 rings (SSSR count). The monoisotopic (exact) mass is 291 g/mol. The summed E-state index contributed by atoms with van der Waals surface area (Å²) in [5.41, 5.74) is 0.132. The third kappa shape index (κ3) is 3.91. The highest BCUT2D eigenvalue weighted by Crippen LogP contribution is 2.23. The van der Waals surface area contributed by atoms with Crippen molar-refractivity contribution in [3.05, 3.63) is 18.3 Å². The van der Waals surface area contributed by atoms with Crippen molar-refractivity contribution >= 4 is 0 Å². The van der Waals surface area contributed by atoms with Gasteiger partial charge in [-0.15, -0.1) is 0 Å². The topological polar surface area (TPSA) is 68.8 Å². The largest absolute Gasteiger partial charge is 0.339 e. The van der Waals surface area contributed by atoms with Gasteiger partial charge in [0.1, 0.15) is 0 Å². The lowest BCUT2D eigenvalue weighted by atomic mass is 9.84. The highest BCUT2D eigenvalue weighted by Gasteiger charge is 2.26. The molecule has 0 aliphatic carbocycles. The summed E-state index contributed by atoms with van der Waals surface area (Å²) >= 11 is 0. The van der Waals surface area contributed by atoms with E-state index in [-0.39, 0.29) is 5.41 Å². The van der Waals surface area contributed by atoms with Crippen LogP contribution in [0.2, 0.25) is 0 Å². The summed E-state index contributed by atoms with van der Waals surface area (Å²) in [5.74, 6) is 1.91. The number of hydrogen-bond donors (Lipinski definition) is 1. The summed E-state index contributed by atoms with van der Waals surface area (Å²) in [6.07, 6.45) is 5.42. The molecule has 0 spiro atoms. The Morgan fingerprint density at radius 2 is 2.14 bits per heavy atom. The first-order valence-corrected chi connectivity index (χ1v) is 7.45. The van der Waals surface area contributed by atoms with E-state index in [0.29, 0.717) is 17.8 Å². The molecule has 0 aromatic carbocycles. The van der Waals surface area contributed by atoms with Crippen LogP contribution in [0.25, 0.3) is 11.6 Å². The van der Waals surface area contributed by atoms with Crippen molar-refractivity contribution in [2.45, 2.75) is 46.6 Å². The van der Waals surface area contributed by atoms with Crippen molar-refractivity contribution in [2.24, 2.45) is 12.5 Å². The molecule has 0 fully saturated rings. The molecule has 1 unspecified atom stereocenters. The fraction of sp³-hybridized carbons (Fsp3) is 0.667. The summed E-state index contributed by atoms with van der Waals surface area (Å²) in [5, 5.41) is 7.60. The zero-order valence-corrected chi connectivity index (χ0v) is 13.6. The molecule has 0 saturated heterocycles. The first-order valence-electron chi connectivity index (χ1n) is 7.45. The van der Waals surface area contributed by atoms with Crippen LogP contribution in [-0.4, -0.2) is 32.3 Å². The average Bonchev–Trinajstić information content (AvgIpc) is 3.01. The maximum absolute atomic E-state index is 5.39. The summed E-state index contributed by atoms with van der Waals surface area (Å²) in [4.78, 5) is 8.71. The minimum absolute atomic E-state index is 0.132. The van der Waals surface area contributed by atoms with Crippen molar-refractivity contribution in [3.63, 3.8) is 0 Å². The summed E-state index contributed by atoms with van der Waals surface area (Å²) in [6.45, 7) is 9.81. The van der Waals surface area contributed by atoms with Crippen molar-refractivity contribution < 1.29 is 4.52 Å². The summed E-state index contributed by atoms with van der Waals surface area (Å²) in [6, 6.07) is 0.298. The second-order valence-corrected chi connectivity index (χ2v) is 6.45. The Morgan fingerprint density at radius 1 is 1.38 bits per heavy atom. The molecular weight excluding hydrogens is 266 g/mol. The molecule has 2 aromatic rings. The number of hydrogen-bond acceptors (Lipinski definition) is 5. The van der Waals surface area contributed by atoms with Crippen LogP contribution >= 0.6 is 0 Å². The van der Waals surface area contributed by atoms with Crippen LogP contribution in [0.1, 0.15) is 40.0 Å². The Labute approximate surface area is 126 Å². The molecule has 21 heavy (non-hydrogen) atoms. The van der Waals surface area contributed by atoms with Gasteiger partial charge < -0.3 is 14.4 Å². The van der Waals surface area contributed by atoms with E-state index < -0.39 is 0 Å². The highest BCUT2D eigenvalue weighted by atomic mass is 16.5. The van der Waals surface area contributed by atoms with Crippen LogP contribution < -0.4 is 5.32 Å².